The van der Waals surface area contributed by atoms with Crippen LogP contribution >= 0.6 is 0 Å². The Bertz CT molecular complexity index is 1130. The first-order chi connectivity index (χ1) is 17.0. The summed E-state index contributed by atoms with van der Waals surface area (Å²) in [6.07, 6.45) is 0.195. The Morgan fingerprint density at radius 3 is 2.60 bits per heavy atom. The second kappa shape index (κ2) is 11.5. The predicted octanol–water partition coefficient (Wildman–Crippen LogP) is 1.11. The van der Waals surface area contributed by atoms with E-state index in [1.807, 2.05) is 0 Å². The number of hydrogen-bond acceptors (Lipinski definition) is 7. The zero-order valence-electron chi connectivity index (χ0n) is 19.8. The van der Waals surface area contributed by atoms with Crippen molar-refractivity contribution in [3.05, 3.63) is 63.3 Å². The first-order valence-electron chi connectivity index (χ1n) is 11.8. The number of pyridine rings is 1. The molecule has 3 heterocycles. The first-order valence-corrected chi connectivity index (χ1v) is 11.8. The summed E-state index contributed by atoms with van der Waals surface area (Å²) in [6.45, 7) is 4.66. The second-order valence-electron chi connectivity index (χ2n) is 8.51. The Kier molecular flexibility index (Phi) is 8.14. The van der Waals surface area contributed by atoms with Gasteiger partial charge in [0.05, 0.1) is 26.7 Å². The predicted molar refractivity (Wildman–Crippen MR) is 125 cm³/mol. The molecule has 1 saturated heterocycles. The SMILES string of the molecule is COC(=O)c1c(OCCN2CCOCC2)cc(=O)n2c1CCN(C(=O)Cc1ccccc1F)CC2. The molecule has 1 aromatic heterocycles. The summed E-state index contributed by atoms with van der Waals surface area (Å²) in [5, 5.41) is 0. The fourth-order valence-corrected chi connectivity index (χ4v) is 4.46. The molecular weight excluding hydrogens is 457 g/mol. The maximum Gasteiger partial charge on any atom is 0.343 e. The number of carbonyl (C=O) groups is 2. The molecule has 188 valence electrons. The van der Waals surface area contributed by atoms with Crippen LogP contribution in [0, 0.1) is 5.82 Å². The van der Waals surface area contributed by atoms with Crippen LogP contribution in [0.5, 0.6) is 5.75 Å². The van der Waals surface area contributed by atoms with E-state index in [1.54, 1.807) is 23.1 Å². The summed E-state index contributed by atoms with van der Waals surface area (Å²) in [5.41, 5.74) is 0.699. The Balaban J connectivity index is 1.51. The number of hydrogen-bond donors (Lipinski definition) is 0. The molecule has 0 aliphatic carbocycles. The number of rotatable bonds is 7. The number of aromatic nitrogens is 1. The summed E-state index contributed by atoms with van der Waals surface area (Å²) in [5.74, 6) is -1.08. The van der Waals surface area contributed by atoms with E-state index in [1.165, 1.54) is 23.8 Å². The Labute approximate surface area is 203 Å². The molecule has 0 atom stereocenters. The average molecular weight is 488 g/mol. The minimum Gasteiger partial charge on any atom is -0.491 e. The van der Waals surface area contributed by atoms with Gasteiger partial charge in [0.1, 0.15) is 23.7 Å². The molecule has 10 heteroatoms. The van der Waals surface area contributed by atoms with Gasteiger partial charge in [-0.15, -0.1) is 0 Å². The van der Waals surface area contributed by atoms with E-state index < -0.39 is 11.8 Å². The van der Waals surface area contributed by atoms with Crippen LogP contribution in [-0.2, 0) is 33.7 Å². The lowest BCUT2D eigenvalue weighted by molar-refractivity contribution is -0.130. The number of halogens is 1. The maximum atomic E-state index is 14.0. The molecule has 0 radical (unpaired) electrons. The summed E-state index contributed by atoms with van der Waals surface area (Å²) >= 11 is 0. The fourth-order valence-electron chi connectivity index (χ4n) is 4.46. The van der Waals surface area contributed by atoms with Crippen LogP contribution in [0.15, 0.2) is 35.1 Å². The lowest BCUT2D eigenvalue weighted by atomic mass is 10.1. The van der Waals surface area contributed by atoms with E-state index >= 15 is 0 Å². The van der Waals surface area contributed by atoms with Crippen molar-refractivity contribution in [1.82, 2.24) is 14.4 Å². The van der Waals surface area contributed by atoms with Gasteiger partial charge in [0.2, 0.25) is 5.91 Å². The highest BCUT2D eigenvalue weighted by molar-refractivity contribution is 5.93. The van der Waals surface area contributed by atoms with E-state index in [2.05, 4.69) is 4.90 Å². The van der Waals surface area contributed by atoms with Crippen molar-refractivity contribution < 1.29 is 28.2 Å². The van der Waals surface area contributed by atoms with Gasteiger partial charge in [-0.1, -0.05) is 18.2 Å². The molecule has 0 N–H and O–H groups in total. The molecule has 1 fully saturated rings. The van der Waals surface area contributed by atoms with Gasteiger partial charge < -0.3 is 23.7 Å². The van der Waals surface area contributed by atoms with Gasteiger partial charge in [-0.2, -0.15) is 0 Å². The minimum absolute atomic E-state index is 0.0717. The summed E-state index contributed by atoms with van der Waals surface area (Å²) < 4.78 is 31.8. The number of fused-ring (bicyclic) bond motifs is 1. The highest BCUT2D eigenvalue weighted by Gasteiger charge is 2.27. The van der Waals surface area contributed by atoms with Crippen molar-refractivity contribution in [3.63, 3.8) is 0 Å². The van der Waals surface area contributed by atoms with Crippen molar-refractivity contribution in [2.45, 2.75) is 19.4 Å². The molecule has 0 bridgehead atoms. The fraction of sp³-hybridized carbons (Fsp3) is 0.480. The quantitative estimate of drug-likeness (QED) is 0.541. The van der Waals surface area contributed by atoms with Crippen molar-refractivity contribution in [2.24, 2.45) is 0 Å². The number of morpholine rings is 1. The molecule has 0 unspecified atom stereocenters. The van der Waals surface area contributed by atoms with E-state index in [-0.39, 0.29) is 55.3 Å². The number of amides is 1. The topological polar surface area (TPSA) is 90.3 Å². The van der Waals surface area contributed by atoms with Crippen LogP contribution in [0.1, 0.15) is 21.6 Å². The number of methoxy groups -OCH3 is 1. The first kappa shape index (κ1) is 24.9. The Morgan fingerprint density at radius 1 is 1.09 bits per heavy atom. The summed E-state index contributed by atoms with van der Waals surface area (Å²) in [6, 6.07) is 7.48. The second-order valence-corrected chi connectivity index (χ2v) is 8.51. The third kappa shape index (κ3) is 5.88. The highest BCUT2D eigenvalue weighted by Crippen LogP contribution is 2.24. The lowest BCUT2D eigenvalue weighted by Gasteiger charge is -2.26. The Hall–Kier alpha value is -3.24. The van der Waals surface area contributed by atoms with Crippen molar-refractivity contribution >= 4 is 11.9 Å². The molecule has 9 nitrogen and oxygen atoms in total. The number of carbonyl (C=O) groups excluding carboxylic acids is 2. The smallest absolute Gasteiger partial charge is 0.343 e. The normalized spacial score (nSPS) is 16.3. The van der Waals surface area contributed by atoms with Gasteiger partial charge in [0.25, 0.3) is 5.56 Å². The summed E-state index contributed by atoms with van der Waals surface area (Å²) in [4.78, 5) is 42.3. The molecule has 35 heavy (non-hydrogen) atoms. The third-order valence-corrected chi connectivity index (χ3v) is 6.40. The molecule has 2 aliphatic heterocycles. The van der Waals surface area contributed by atoms with Crippen LogP contribution in [-0.4, -0.2) is 85.9 Å². The Morgan fingerprint density at radius 2 is 1.86 bits per heavy atom. The standard InChI is InChI=1S/C25H30FN3O6/c1-33-25(32)24-20-6-7-28(22(30)16-18-4-2-3-5-19(18)26)8-9-29(20)23(31)17-21(24)35-15-12-27-10-13-34-14-11-27/h2-5,17H,6-16H2,1H3. The van der Waals surface area contributed by atoms with E-state index in [9.17, 15) is 18.8 Å². The number of ether oxygens (including phenoxy) is 3. The van der Waals surface area contributed by atoms with Gasteiger partial charge >= 0.3 is 5.97 Å². The van der Waals surface area contributed by atoms with E-state index in [0.717, 1.165) is 13.1 Å². The molecule has 1 amide bonds. The van der Waals surface area contributed by atoms with Gasteiger partial charge in [-0.3, -0.25) is 14.5 Å². The molecule has 2 aromatic rings. The number of nitrogens with zero attached hydrogens (tertiary/aromatic N) is 3. The third-order valence-electron chi connectivity index (χ3n) is 6.40. The molecule has 4 rings (SSSR count). The van der Waals surface area contributed by atoms with Crippen molar-refractivity contribution in [3.8, 4) is 5.75 Å². The number of esters is 1. The van der Waals surface area contributed by atoms with Crippen LogP contribution in [0.25, 0.3) is 0 Å². The van der Waals surface area contributed by atoms with Gasteiger partial charge in [-0.25, -0.2) is 9.18 Å². The molecule has 1 aromatic carbocycles. The van der Waals surface area contributed by atoms with Crippen molar-refractivity contribution in [2.75, 3.05) is 59.7 Å². The molecule has 0 saturated carbocycles. The monoisotopic (exact) mass is 487 g/mol. The van der Waals surface area contributed by atoms with E-state index in [0.29, 0.717) is 37.6 Å². The summed E-state index contributed by atoms with van der Waals surface area (Å²) in [7, 11) is 1.28. The van der Waals surface area contributed by atoms with Gasteiger partial charge in [0.15, 0.2) is 0 Å². The lowest BCUT2D eigenvalue weighted by Crippen LogP contribution is -2.38. The molecule has 0 spiro atoms. The van der Waals surface area contributed by atoms with Crippen LogP contribution in [0.2, 0.25) is 0 Å². The average Bonchev–Trinajstić information content (AvgIpc) is 3.09. The van der Waals surface area contributed by atoms with Crippen LogP contribution < -0.4 is 10.3 Å². The molecular formula is C25H30FN3O6. The highest BCUT2D eigenvalue weighted by atomic mass is 19.1. The van der Waals surface area contributed by atoms with E-state index in [4.69, 9.17) is 14.2 Å². The van der Waals surface area contributed by atoms with Gasteiger partial charge in [-0.05, 0) is 11.6 Å². The van der Waals surface area contributed by atoms with Crippen LogP contribution in [0.3, 0.4) is 0 Å². The zero-order valence-corrected chi connectivity index (χ0v) is 19.8. The number of benzene rings is 1. The largest absolute Gasteiger partial charge is 0.491 e. The maximum absolute atomic E-state index is 14.0. The van der Waals surface area contributed by atoms with Crippen molar-refractivity contribution in [1.29, 1.82) is 0 Å². The molecule has 2 aliphatic rings. The van der Waals surface area contributed by atoms with Crippen LogP contribution in [0.4, 0.5) is 4.39 Å². The zero-order chi connectivity index (χ0) is 24.8. The van der Waals surface area contributed by atoms with Gasteiger partial charge in [0, 0.05) is 57.4 Å². The minimum atomic E-state index is -0.596.